The SMILES string of the molecule is O=[P+](O[C@H]1c2ccccc2CCN1c1ccc(Br)cc1)O[C@H]1c2ccccc2CCN1c1ccc(Br)cc1. The van der Waals surface area contributed by atoms with Gasteiger partial charge in [-0.2, -0.15) is 0 Å². The third-order valence-electron chi connectivity index (χ3n) is 7.14. The summed E-state index contributed by atoms with van der Waals surface area (Å²) in [6.07, 6.45) is 0.725. The van der Waals surface area contributed by atoms with Gasteiger partial charge in [-0.3, -0.25) is 0 Å². The molecule has 5 nitrogen and oxygen atoms in total. The Balaban J connectivity index is 1.31. The molecule has 4 aromatic rings. The van der Waals surface area contributed by atoms with Crippen molar-refractivity contribution in [3.05, 3.63) is 128 Å². The number of hydrogen-bond donors (Lipinski definition) is 0. The molecular weight excluding hydrogens is 627 g/mol. The third kappa shape index (κ3) is 5.31. The van der Waals surface area contributed by atoms with Gasteiger partial charge < -0.3 is 9.80 Å². The van der Waals surface area contributed by atoms with Gasteiger partial charge in [0.1, 0.15) is 0 Å². The third-order valence-corrected chi connectivity index (χ3v) is 8.94. The molecule has 0 saturated carbocycles. The molecule has 2 atom stereocenters. The highest BCUT2D eigenvalue weighted by atomic mass is 79.9. The molecule has 2 aliphatic heterocycles. The minimum Gasteiger partial charge on any atom is -0.338 e. The van der Waals surface area contributed by atoms with Crippen LogP contribution in [0.4, 0.5) is 11.4 Å². The molecule has 8 heteroatoms. The van der Waals surface area contributed by atoms with Crippen LogP contribution in [0, 0.1) is 0 Å². The lowest BCUT2D eigenvalue weighted by Gasteiger charge is -2.36. The van der Waals surface area contributed by atoms with E-state index in [4.69, 9.17) is 9.05 Å². The van der Waals surface area contributed by atoms with Crippen molar-refractivity contribution in [2.45, 2.75) is 25.3 Å². The Morgan fingerprint density at radius 3 is 1.42 bits per heavy atom. The van der Waals surface area contributed by atoms with E-state index in [1.165, 1.54) is 11.1 Å². The Kier molecular flexibility index (Phi) is 7.64. The molecule has 0 fully saturated rings. The van der Waals surface area contributed by atoms with Gasteiger partial charge in [0.15, 0.2) is 0 Å². The van der Waals surface area contributed by atoms with Crippen molar-refractivity contribution in [1.29, 1.82) is 0 Å². The first kappa shape index (κ1) is 25.7. The summed E-state index contributed by atoms with van der Waals surface area (Å²) in [7, 11) is -2.47. The number of fused-ring (bicyclic) bond motifs is 2. The van der Waals surface area contributed by atoms with Crippen molar-refractivity contribution >= 4 is 51.5 Å². The predicted molar refractivity (Wildman–Crippen MR) is 159 cm³/mol. The first-order valence-corrected chi connectivity index (χ1v) is 15.3. The van der Waals surface area contributed by atoms with Crippen molar-refractivity contribution in [3.8, 4) is 0 Å². The molecule has 0 aromatic heterocycles. The number of anilines is 2. The quantitative estimate of drug-likeness (QED) is 0.195. The maximum atomic E-state index is 13.7. The molecule has 4 aromatic carbocycles. The summed E-state index contributed by atoms with van der Waals surface area (Å²) in [5.74, 6) is 0. The molecule has 0 amide bonds. The van der Waals surface area contributed by atoms with Crippen LogP contribution in [0.3, 0.4) is 0 Å². The zero-order chi connectivity index (χ0) is 26.1. The molecule has 0 N–H and O–H groups in total. The van der Waals surface area contributed by atoms with E-state index in [1.807, 2.05) is 48.5 Å². The summed E-state index contributed by atoms with van der Waals surface area (Å²) in [6.45, 7) is 1.51. The Morgan fingerprint density at radius 1 is 0.605 bits per heavy atom. The normalized spacial score (nSPS) is 18.6. The minimum absolute atomic E-state index is 0.523. The van der Waals surface area contributed by atoms with Gasteiger partial charge in [-0.25, -0.2) is 0 Å². The maximum Gasteiger partial charge on any atom is 0.702 e. The largest absolute Gasteiger partial charge is 0.702 e. The second-order valence-electron chi connectivity index (χ2n) is 9.38. The van der Waals surface area contributed by atoms with Crippen LogP contribution in [0.25, 0.3) is 0 Å². The van der Waals surface area contributed by atoms with Gasteiger partial charge in [-0.1, -0.05) is 89.4 Å². The predicted octanol–water partition coefficient (Wildman–Crippen LogP) is 8.73. The average Bonchev–Trinajstić information content (AvgIpc) is 2.94. The lowest BCUT2D eigenvalue weighted by molar-refractivity contribution is 0.119. The highest BCUT2D eigenvalue weighted by Crippen LogP contribution is 2.46. The molecule has 0 unspecified atom stereocenters. The number of benzene rings is 4. The van der Waals surface area contributed by atoms with Gasteiger partial charge in [0.05, 0.1) is 0 Å². The van der Waals surface area contributed by atoms with E-state index in [0.29, 0.717) is 0 Å². The van der Waals surface area contributed by atoms with Gasteiger partial charge in [0.2, 0.25) is 12.5 Å². The van der Waals surface area contributed by atoms with Gasteiger partial charge in [-0.05, 0) is 72.5 Å². The van der Waals surface area contributed by atoms with Crippen LogP contribution in [-0.4, -0.2) is 13.1 Å². The van der Waals surface area contributed by atoms with E-state index in [9.17, 15) is 4.57 Å². The van der Waals surface area contributed by atoms with Crippen LogP contribution >= 0.6 is 40.1 Å². The first-order chi connectivity index (χ1) is 18.6. The summed E-state index contributed by atoms with van der Waals surface area (Å²) in [6, 6.07) is 32.7. The Hall–Kier alpha value is -2.54. The summed E-state index contributed by atoms with van der Waals surface area (Å²) >= 11 is 7.05. The Labute approximate surface area is 240 Å². The lowest BCUT2D eigenvalue weighted by atomic mass is 9.98. The topological polar surface area (TPSA) is 42.0 Å². The van der Waals surface area contributed by atoms with E-state index in [1.54, 1.807) is 0 Å². The van der Waals surface area contributed by atoms with Crippen LogP contribution < -0.4 is 9.80 Å². The zero-order valence-electron chi connectivity index (χ0n) is 20.5. The molecule has 0 bridgehead atoms. The smallest absolute Gasteiger partial charge is 0.338 e. The average molecular weight is 653 g/mol. The highest BCUT2D eigenvalue weighted by Gasteiger charge is 2.42. The van der Waals surface area contributed by atoms with Gasteiger partial charge >= 0.3 is 8.25 Å². The molecule has 6 rings (SSSR count). The second kappa shape index (κ2) is 11.3. The van der Waals surface area contributed by atoms with Crippen LogP contribution in [0.2, 0.25) is 0 Å². The zero-order valence-corrected chi connectivity index (χ0v) is 24.6. The van der Waals surface area contributed by atoms with Crippen molar-refractivity contribution in [3.63, 3.8) is 0 Å². The van der Waals surface area contributed by atoms with Crippen LogP contribution in [-0.2, 0) is 26.5 Å². The Morgan fingerprint density at radius 2 is 1.00 bits per heavy atom. The van der Waals surface area contributed by atoms with E-state index >= 15 is 0 Å². The fourth-order valence-electron chi connectivity index (χ4n) is 5.27. The van der Waals surface area contributed by atoms with Gasteiger partial charge in [0, 0.05) is 49.1 Å². The Bertz CT molecular complexity index is 1340. The van der Waals surface area contributed by atoms with Gasteiger partial charge in [-0.15, -0.1) is 0 Å². The molecule has 2 aliphatic rings. The molecule has 0 saturated heterocycles. The fourth-order valence-corrected chi connectivity index (χ4v) is 6.63. The summed E-state index contributed by atoms with van der Waals surface area (Å²) in [5.41, 5.74) is 6.46. The standard InChI is InChI=1S/C30H26Br2N2O3P/c31-23-9-13-25(14-10-23)33-19-17-21-5-1-3-7-27(21)29(33)36-38(35)37-30-28-8-4-2-6-22(28)18-20-34(30)26-15-11-24(32)12-16-26/h1-16,29-30H,17-20H2/q+1/t29-,30-/m0/s1. The number of rotatable bonds is 6. The molecular formula is C30H26Br2N2O3P+. The summed E-state index contributed by atoms with van der Waals surface area (Å²) < 4.78 is 28.3. The molecule has 192 valence electrons. The fraction of sp³-hybridized carbons (Fsp3) is 0.200. The van der Waals surface area contributed by atoms with Crippen LogP contribution in [0.5, 0.6) is 0 Å². The van der Waals surface area contributed by atoms with E-state index in [2.05, 4.69) is 90.2 Å². The summed E-state index contributed by atoms with van der Waals surface area (Å²) in [5, 5.41) is 0. The monoisotopic (exact) mass is 651 g/mol. The molecule has 38 heavy (non-hydrogen) atoms. The van der Waals surface area contributed by atoms with E-state index < -0.39 is 20.7 Å². The maximum absolute atomic E-state index is 13.7. The highest BCUT2D eigenvalue weighted by molar-refractivity contribution is 9.10. The van der Waals surface area contributed by atoms with Crippen molar-refractivity contribution < 1.29 is 13.6 Å². The molecule has 2 heterocycles. The van der Waals surface area contributed by atoms with E-state index in [0.717, 1.165) is 57.4 Å². The van der Waals surface area contributed by atoms with Crippen LogP contribution in [0.15, 0.2) is 106 Å². The minimum atomic E-state index is -2.47. The van der Waals surface area contributed by atoms with Gasteiger partial charge in [0.25, 0.3) is 0 Å². The van der Waals surface area contributed by atoms with E-state index in [-0.39, 0.29) is 0 Å². The number of halogens is 2. The molecule has 0 spiro atoms. The van der Waals surface area contributed by atoms with Crippen molar-refractivity contribution in [1.82, 2.24) is 0 Å². The summed E-state index contributed by atoms with van der Waals surface area (Å²) in [4.78, 5) is 4.32. The second-order valence-corrected chi connectivity index (χ2v) is 12.1. The van der Waals surface area contributed by atoms with Crippen molar-refractivity contribution in [2.75, 3.05) is 22.9 Å². The lowest BCUT2D eigenvalue weighted by Crippen LogP contribution is -2.37. The number of nitrogens with zero attached hydrogens (tertiary/aromatic N) is 2. The molecule has 0 aliphatic carbocycles. The first-order valence-electron chi connectivity index (χ1n) is 12.6. The number of hydrogen-bond acceptors (Lipinski definition) is 5. The van der Waals surface area contributed by atoms with Crippen LogP contribution in [0.1, 0.15) is 34.7 Å². The molecule has 0 radical (unpaired) electrons. The van der Waals surface area contributed by atoms with Crippen molar-refractivity contribution in [2.24, 2.45) is 0 Å².